The molecule has 0 aliphatic carbocycles. The van der Waals surface area contributed by atoms with E-state index < -0.39 is 26.2 Å². The third-order valence-electron chi connectivity index (χ3n) is 16.4. The van der Waals surface area contributed by atoms with Crippen LogP contribution in [0.25, 0.3) is 77.0 Å². The number of hydrogen-bond donors (Lipinski definition) is 7. The number of urea groups is 1. The fourth-order valence-electron chi connectivity index (χ4n) is 11.5. The molecular weight excluding hydrogens is 1790 g/mol. The first-order chi connectivity index (χ1) is 48.4. The molecule has 12 rings (SSSR count). The van der Waals surface area contributed by atoms with E-state index in [1.54, 1.807) is 18.2 Å². The number of nitrogens with zero attached hydrogens (tertiary/aromatic N) is 3. The molecule has 3 atom stereocenters. The summed E-state index contributed by atoms with van der Waals surface area (Å²) in [7, 11) is -7.91. The summed E-state index contributed by atoms with van der Waals surface area (Å²) < 4.78 is 82.4. The Labute approximate surface area is 734 Å². The number of para-hydroxylation sites is 2. The van der Waals surface area contributed by atoms with Crippen LogP contribution in [0.5, 0.6) is 11.5 Å². The molecule has 531 valence electrons. The first-order valence-corrected chi connectivity index (χ1v) is 37.1. The Morgan fingerprint density at radius 3 is 1.51 bits per heavy atom. The van der Waals surface area contributed by atoms with Crippen molar-refractivity contribution in [2.45, 2.75) is 68.7 Å². The molecule has 10 aromatic rings. The van der Waals surface area contributed by atoms with E-state index >= 15 is 0 Å². The molecule has 3 unspecified atom stereocenters. The molecule has 2 saturated heterocycles. The van der Waals surface area contributed by atoms with Crippen LogP contribution in [0.4, 0.5) is 4.79 Å². The van der Waals surface area contributed by atoms with Gasteiger partial charge in [0, 0.05) is 91.1 Å². The van der Waals surface area contributed by atoms with Gasteiger partial charge in [-0.05, 0) is 94.4 Å². The van der Waals surface area contributed by atoms with Crippen LogP contribution in [-0.2, 0) is 65.8 Å². The number of aromatic nitrogens is 3. The van der Waals surface area contributed by atoms with Gasteiger partial charge in [-0.2, -0.15) is 28.6 Å². The van der Waals surface area contributed by atoms with Crippen LogP contribution < -0.4 is 169 Å². The molecule has 2 aliphatic rings. The van der Waals surface area contributed by atoms with Gasteiger partial charge in [0.1, 0.15) is 5.69 Å². The Bertz CT molecular complexity index is 4470. The molecule has 7 aromatic carbocycles. The first kappa shape index (κ1) is 85.4. The average Bonchev–Trinajstić information content (AvgIpc) is 1.43. The number of amides is 4. The molecule has 2 fully saturated rings. The smallest absolute Gasteiger partial charge is 0.537 e. The minimum absolute atomic E-state index is 0. The maximum atomic E-state index is 12.1. The second-order valence-corrected chi connectivity index (χ2v) is 28.0. The molecule has 5 heterocycles. The van der Waals surface area contributed by atoms with Gasteiger partial charge in [0.05, 0.1) is 74.3 Å². The van der Waals surface area contributed by atoms with Crippen molar-refractivity contribution in [3.05, 3.63) is 199 Å². The number of benzene rings is 7. The van der Waals surface area contributed by atoms with E-state index in [2.05, 4.69) is 74.8 Å². The van der Waals surface area contributed by atoms with Crippen LogP contribution in [0.3, 0.4) is 0 Å². The summed E-state index contributed by atoms with van der Waals surface area (Å²) in [5.41, 5.74) is 8.05. The normalized spacial score (nSPS) is 14.4. The summed E-state index contributed by atoms with van der Waals surface area (Å²) >= 11 is 1.89. The second-order valence-electron chi connectivity index (χ2n) is 23.6. The van der Waals surface area contributed by atoms with E-state index in [1.165, 1.54) is 12.3 Å². The number of carbonyl (C=O) groups excluding carboxylic acids is 3. The van der Waals surface area contributed by atoms with Gasteiger partial charge >= 0.3 is 150 Å². The van der Waals surface area contributed by atoms with Gasteiger partial charge in [-0.1, -0.05) is 122 Å². The largest absolute Gasteiger partial charge is 1.00 e. The molecule has 22 nitrogen and oxygen atoms in total. The predicted octanol–water partition coefficient (Wildman–Crippen LogP) is 5.40. The Morgan fingerprint density at radius 2 is 1.04 bits per heavy atom. The fraction of sp³-hybridized carbons (Fsp3) is 0.293. The SMILES string of the molecule is O=C(CCCCC1SCC2NC(=O)NC21)NCCOCCOCCNC(=O)CCc1ccc(-c2ccc(C(=O)O)nc2)cc1.O=S(=O)(O)CCCOc1c[c-]c(-c2nc3ccccc3c3ccccc23)cc1.O=S(=O)(O)CCCOc1c[c-]c(-c2nc3ccccc3c3ccccc23)cc1.[Cs+].[Cs+].[Ir]. The van der Waals surface area contributed by atoms with E-state index in [4.69, 9.17) is 43.1 Å². The third-order valence-corrected chi connectivity index (χ3v) is 19.5. The van der Waals surface area contributed by atoms with Crippen LogP contribution in [0.1, 0.15) is 61.0 Å². The molecule has 4 amide bonds. The van der Waals surface area contributed by atoms with Gasteiger partial charge in [0.15, 0.2) is 0 Å². The summed E-state index contributed by atoms with van der Waals surface area (Å²) in [4.78, 5) is 60.2. The van der Waals surface area contributed by atoms with Crippen LogP contribution in [0, 0.1) is 12.1 Å². The number of unbranched alkanes of at least 4 members (excludes halogenated alkanes) is 1. The number of thioether (sulfide) groups is 1. The van der Waals surface area contributed by atoms with Gasteiger partial charge in [-0.3, -0.25) is 28.7 Å². The number of rotatable bonds is 31. The predicted molar refractivity (Wildman–Crippen MR) is 387 cm³/mol. The zero-order valence-corrected chi connectivity index (χ0v) is 74.5. The summed E-state index contributed by atoms with van der Waals surface area (Å²) in [6.07, 6.45) is 6.21. The van der Waals surface area contributed by atoms with Crippen molar-refractivity contribution < 1.29 is 227 Å². The zero-order chi connectivity index (χ0) is 70.3. The monoisotopic (exact) mass is 1870 g/mol. The molecular formula is C75H77Cs2IrN7O15S3. The Balaban J connectivity index is 0.000000221. The van der Waals surface area contributed by atoms with Crippen molar-refractivity contribution in [1.82, 2.24) is 36.2 Å². The van der Waals surface area contributed by atoms with E-state index in [0.717, 1.165) is 108 Å². The number of nitrogens with one attached hydrogen (secondary N) is 4. The number of pyridine rings is 3. The molecule has 3 aromatic heterocycles. The maximum absolute atomic E-state index is 12.1. The number of ether oxygens (including phenoxy) is 4. The minimum Gasteiger partial charge on any atom is -0.537 e. The van der Waals surface area contributed by atoms with E-state index in [9.17, 15) is 36.0 Å². The standard InChI is InChI=1S/C31H41N5O7S.2C22H18NO4S.2Cs.Ir/c37-27(4-2-1-3-26-29-25(20-44-26)35-31(41)36-29)32-13-15-42-17-18-43-16-14-33-28(38)12-7-21-5-8-22(9-6-21)23-10-11-24(30(39)40)34-19-23;2*24-28(25,26)15-5-14-27-17-12-10-16(11-13-17)22-20-8-2-1-6-18(20)19-7-3-4-9-21(19)23-22;;;/h5-6,8-11,19,25-26,29H,1-4,7,12-18,20H2,(H,32,37)(H,33,38)(H,39,40)(H2,35,36,41);2*1-4,6-10,12-13H,5,14-15H2,(H,24,25,26);;;/q;2*-1;2*+1;. The zero-order valence-electron chi connectivity index (χ0n) is 57.1. The first-order valence-electron chi connectivity index (χ1n) is 32.8. The number of carboxylic acids is 1. The summed E-state index contributed by atoms with van der Waals surface area (Å²) in [5.74, 6) is 0.398. The Kier molecular flexibility index (Phi) is 35.8. The fourth-order valence-corrected chi connectivity index (χ4v) is 14.0. The van der Waals surface area contributed by atoms with Crippen LogP contribution in [-0.4, -0.2) is 157 Å². The number of carbonyl (C=O) groups is 4. The quantitative estimate of drug-likeness (QED) is 0.00940. The number of hydrogen-bond acceptors (Lipinski definition) is 16. The van der Waals surface area contributed by atoms with Crippen molar-refractivity contribution in [1.29, 1.82) is 0 Å². The summed E-state index contributed by atoms with van der Waals surface area (Å²) in [6.45, 7) is 2.88. The van der Waals surface area contributed by atoms with E-state index in [-0.39, 0.29) is 231 Å². The molecule has 103 heavy (non-hydrogen) atoms. The van der Waals surface area contributed by atoms with E-state index in [1.807, 2.05) is 121 Å². The molecule has 1 radical (unpaired) electrons. The van der Waals surface area contributed by atoms with Crippen LogP contribution in [0.2, 0.25) is 0 Å². The van der Waals surface area contributed by atoms with Crippen molar-refractivity contribution in [3.8, 4) is 45.1 Å². The minimum atomic E-state index is -3.96. The topological polar surface area (TPSA) is 321 Å². The van der Waals surface area contributed by atoms with Gasteiger partial charge in [0.25, 0.3) is 20.2 Å². The Hall–Kier alpha value is -4.85. The van der Waals surface area contributed by atoms with Crippen LogP contribution >= 0.6 is 11.8 Å². The molecule has 0 bridgehead atoms. The number of carboxylic acid groups (broad SMARTS) is 1. The molecule has 28 heteroatoms. The van der Waals surface area contributed by atoms with Crippen molar-refractivity contribution >= 4 is 99.2 Å². The molecule has 0 spiro atoms. The molecule has 7 N–H and O–H groups in total. The third kappa shape index (κ3) is 26.8. The van der Waals surface area contributed by atoms with Gasteiger partial charge in [-0.25, -0.2) is 14.6 Å². The maximum Gasteiger partial charge on any atom is 1.00 e. The summed E-state index contributed by atoms with van der Waals surface area (Å²) in [6, 6.07) is 61.0. The Morgan fingerprint density at radius 1 is 0.553 bits per heavy atom. The number of aryl methyl sites for hydroxylation is 1. The molecule has 0 saturated carbocycles. The van der Waals surface area contributed by atoms with Crippen LogP contribution in [0.15, 0.2) is 176 Å². The average molecular weight is 1870 g/mol. The summed E-state index contributed by atoms with van der Waals surface area (Å²) in [5, 5.41) is 27.7. The van der Waals surface area contributed by atoms with Gasteiger partial charge in [0.2, 0.25) is 11.8 Å². The van der Waals surface area contributed by atoms with Crippen molar-refractivity contribution in [2.24, 2.45) is 0 Å². The van der Waals surface area contributed by atoms with Crippen molar-refractivity contribution in [2.75, 3.05) is 70.0 Å². The second kappa shape index (κ2) is 43.2. The number of aromatic carboxylic acids is 1. The van der Waals surface area contributed by atoms with Crippen molar-refractivity contribution in [3.63, 3.8) is 0 Å². The number of fused-ring (bicyclic) bond motifs is 7. The van der Waals surface area contributed by atoms with Gasteiger partial charge < -0.3 is 45.3 Å². The van der Waals surface area contributed by atoms with E-state index in [0.29, 0.717) is 75.5 Å². The molecule has 2 aliphatic heterocycles. The van der Waals surface area contributed by atoms with Gasteiger partial charge in [-0.15, -0.1) is 59.7 Å².